The number of benzene rings is 3. The average Bonchev–Trinajstić information content (AvgIpc) is 2.77. The largest absolute Gasteiger partial charge is 0.504 e. The number of thioether (sulfide) groups is 1. The van der Waals surface area contributed by atoms with Gasteiger partial charge >= 0.3 is 0 Å². The fourth-order valence-electron chi connectivity index (χ4n) is 3.72. The van der Waals surface area contributed by atoms with E-state index in [1.54, 1.807) is 17.8 Å². The van der Waals surface area contributed by atoms with Gasteiger partial charge in [0.15, 0.2) is 11.5 Å². The van der Waals surface area contributed by atoms with Gasteiger partial charge in [0.2, 0.25) is 5.91 Å². The number of fused-ring (bicyclic) bond motifs is 1. The molecule has 4 rings (SSSR count). The first-order valence-corrected chi connectivity index (χ1v) is 11.2. The Bertz CT molecular complexity index is 1030. The predicted molar refractivity (Wildman–Crippen MR) is 121 cm³/mol. The van der Waals surface area contributed by atoms with Crippen LogP contribution in [0.3, 0.4) is 0 Å². The van der Waals surface area contributed by atoms with Gasteiger partial charge in [-0.1, -0.05) is 36.4 Å². The molecule has 1 heterocycles. The van der Waals surface area contributed by atoms with Crippen molar-refractivity contribution in [2.24, 2.45) is 5.92 Å². The molecule has 1 atom stereocenters. The summed E-state index contributed by atoms with van der Waals surface area (Å²) in [7, 11) is 0. The Hall–Kier alpha value is -2.92. The molecule has 3 aromatic carbocycles. The molecule has 1 aliphatic heterocycles. The van der Waals surface area contributed by atoms with Crippen LogP contribution >= 0.6 is 11.8 Å². The number of aryl methyl sites for hydroxylation is 2. The third kappa shape index (κ3) is 4.97. The summed E-state index contributed by atoms with van der Waals surface area (Å²) >= 11 is 1.76. The van der Waals surface area contributed by atoms with E-state index >= 15 is 0 Å². The van der Waals surface area contributed by atoms with E-state index in [1.165, 1.54) is 22.1 Å². The van der Waals surface area contributed by atoms with E-state index in [2.05, 4.69) is 29.6 Å². The number of aromatic hydroxyl groups is 2. The topological polar surface area (TPSA) is 69.6 Å². The Balaban J connectivity index is 1.27. The molecule has 0 spiro atoms. The van der Waals surface area contributed by atoms with Crippen LogP contribution in [0.2, 0.25) is 0 Å². The van der Waals surface area contributed by atoms with Gasteiger partial charge in [-0.15, -0.1) is 11.8 Å². The number of carbonyl (C=O) groups is 1. The number of anilines is 1. The second-order valence-corrected chi connectivity index (χ2v) is 8.74. The molecule has 0 bridgehead atoms. The Kier molecular flexibility index (Phi) is 6.29. The number of carbonyl (C=O) groups excluding carboxylic acids is 1. The minimum atomic E-state index is -0.0904. The molecule has 0 saturated heterocycles. The van der Waals surface area contributed by atoms with Gasteiger partial charge in [-0.25, -0.2) is 0 Å². The summed E-state index contributed by atoms with van der Waals surface area (Å²) in [4.78, 5) is 14.0. The minimum Gasteiger partial charge on any atom is -0.504 e. The summed E-state index contributed by atoms with van der Waals surface area (Å²) in [5.74, 6) is 0.719. The van der Waals surface area contributed by atoms with Crippen molar-refractivity contribution in [3.8, 4) is 11.5 Å². The van der Waals surface area contributed by atoms with Gasteiger partial charge in [0.25, 0.3) is 0 Å². The molecule has 0 radical (unpaired) electrons. The van der Waals surface area contributed by atoms with Crippen LogP contribution in [0.4, 0.5) is 5.69 Å². The summed E-state index contributed by atoms with van der Waals surface area (Å²) in [6.45, 7) is 0. The summed E-state index contributed by atoms with van der Waals surface area (Å²) in [5.41, 5.74) is 4.29. The molecule has 0 aliphatic carbocycles. The number of phenolic OH excluding ortho intramolecular Hbond substituents is 2. The first kappa shape index (κ1) is 20.4. The molecule has 0 fully saturated rings. The van der Waals surface area contributed by atoms with Crippen molar-refractivity contribution in [3.63, 3.8) is 0 Å². The number of hydrogen-bond acceptors (Lipinski definition) is 4. The molecule has 1 aliphatic rings. The fourth-order valence-corrected chi connectivity index (χ4v) is 4.88. The standard InChI is InChI=1S/C25H25NO3S/c27-22-13-10-18(14-23(22)28)5-3-4-17-8-11-21(12-9-17)26-25(29)20-15-19-6-1-2-7-24(19)30-16-20/h1-2,6-14,20,27-28H,3-5,15-16H2,(H,26,29). The summed E-state index contributed by atoms with van der Waals surface area (Å²) in [5, 5.41) is 22.0. The zero-order valence-electron chi connectivity index (χ0n) is 16.7. The van der Waals surface area contributed by atoms with Crippen LogP contribution in [0.15, 0.2) is 71.6 Å². The lowest BCUT2D eigenvalue weighted by molar-refractivity contribution is -0.119. The van der Waals surface area contributed by atoms with Crippen molar-refractivity contribution in [2.45, 2.75) is 30.6 Å². The van der Waals surface area contributed by atoms with Crippen LogP contribution in [-0.2, 0) is 24.1 Å². The zero-order valence-corrected chi connectivity index (χ0v) is 17.5. The highest BCUT2D eigenvalue weighted by Crippen LogP contribution is 2.33. The van der Waals surface area contributed by atoms with Crippen LogP contribution < -0.4 is 5.32 Å². The molecular formula is C25H25NO3S. The van der Waals surface area contributed by atoms with Crippen LogP contribution in [0, 0.1) is 5.92 Å². The smallest absolute Gasteiger partial charge is 0.228 e. The molecule has 154 valence electrons. The highest BCUT2D eigenvalue weighted by molar-refractivity contribution is 7.99. The van der Waals surface area contributed by atoms with Gasteiger partial charge in [-0.2, -0.15) is 0 Å². The van der Waals surface area contributed by atoms with Gasteiger partial charge in [-0.3, -0.25) is 4.79 Å². The lowest BCUT2D eigenvalue weighted by atomic mass is 9.99. The first-order valence-electron chi connectivity index (χ1n) is 10.2. The number of phenols is 2. The number of hydrogen-bond donors (Lipinski definition) is 3. The summed E-state index contributed by atoms with van der Waals surface area (Å²) < 4.78 is 0. The monoisotopic (exact) mass is 419 g/mol. The third-order valence-corrected chi connectivity index (χ3v) is 6.72. The maximum atomic E-state index is 12.7. The van der Waals surface area contributed by atoms with Gasteiger partial charge in [0.05, 0.1) is 5.92 Å². The predicted octanol–water partition coefficient (Wildman–Crippen LogP) is 5.18. The average molecular weight is 420 g/mol. The Labute approximate surface area is 181 Å². The first-order chi connectivity index (χ1) is 14.6. The molecule has 1 unspecified atom stereocenters. The molecule has 3 N–H and O–H groups in total. The molecule has 5 heteroatoms. The lowest BCUT2D eigenvalue weighted by Crippen LogP contribution is -2.28. The number of rotatable bonds is 6. The van der Waals surface area contributed by atoms with Crippen molar-refractivity contribution in [1.29, 1.82) is 0 Å². The second kappa shape index (κ2) is 9.26. The quantitative estimate of drug-likeness (QED) is 0.482. The van der Waals surface area contributed by atoms with E-state index in [4.69, 9.17) is 0 Å². The highest BCUT2D eigenvalue weighted by atomic mass is 32.2. The lowest BCUT2D eigenvalue weighted by Gasteiger charge is -2.23. The summed E-state index contributed by atoms with van der Waals surface area (Å²) in [6, 6.07) is 21.3. The van der Waals surface area contributed by atoms with Crippen LogP contribution in [0.25, 0.3) is 0 Å². The van der Waals surface area contributed by atoms with Gasteiger partial charge in [0, 0.05) is 16.3 Å². The second-order valence-electron chi connectivity index (χ2n) is 7.68. The molecule has 1 amide bonds. The van der Waals surface area contributed by atoms with Crippen molar-refractivity contribution >= 4 is 23.4 Å². The van der Waals surface area contributed by atoms with Crippen molar-refractivity contribution in [1.82, 2.24) is 0 Å². The van der Waals surface area contributed by atoms with E-state index in [1.807, 2.05) is 30.3 Å². The zero-order chi connectivity index (χ0) is 20.9. The maximum Gasteiger partial charge on any atom is 0.228 e. The van der Waals surface area contributed by atoms with E-state index in [9.17, 15) is 15.0 Å². The van der Waals surface area contributed by atoms with Crippen LogP contribution in [0.1, 0.15) is 23.1 Å². The molecule has 30 heavy (non-hydrogen) atoms. The van der Waals surface area contributed by atoms with Crippen LogP contribution in [0.5, 0.6) is 11.5 Å². The Morgan fingerprint density at radius 1 is 0.933 bits per heavy atom. The molecule has 4 nitrogen and oxygen atoms in total. The minimum absolute atomic E-state index is 0.00805. The molecule has 3 aromatic rings. The normalized spacial score (nSPS) is 15.4. The fraction of sp³-hybridized carbons (Fsp3) is 0.240. The van der Waals surface area contributed by atoms with Crippen molar-refractivity contribution in [2.75, 3.05) is 11.1 Å². The van der Waals surface area contributed by atoms with Gasteiger partial charge in [-0.05, 0) is 72.7 Å². The molecular weight excluding hydrogens is 394 g/mol. The SMILES string of the molecule is O=C(Nc1ccc(CCCc2ccc(O)c(O)c2)cc1)C1CSc2ccccc2C1. The Morgan fingerprint density at radius 3 is 2.47 bits per heavy atom. The Morgan fingerprint density at radius 2 is 1.67 bits per heavy atom. The van der Waals surface area contributed by atoms with E-state index in [0.29, 0.717) is 0 Å². The number of amides is 1. The summed E-state index contributed by atoms with van der Waals surface area (Å²) in [6.07, 6.45) is 3.47. The van der Waals surface area contributed by atoms with Gasteiger partial charge in [0.1, 0.15) is 0 Å². The molecule has 0 aromatic heterocycles. The van der Waals surface area contributed by atoms with Gasteiger partial charge < -0.3 is 15.5 Å². The van der Waals surface area contributed by atoms with Crippen LogP contribution in [-0.4, -0.2) is 21.9 Å². The van der Waals surface area contributed by atoms with Crippen molar-refractivity contribution in [3.05, 3.63) is 83.4 Å². The van der Waals surface area contributed by atoms with Crippen molar-refractivity contribution < 1.29 is 15.0 Å². The third-order valence-electron chi connectivity index (χ3n) is 5.44. The van der Waals surface area contributed by atoms with E-state index in [-0.39, 0.29) is 23.3 Å². The molecule has 0 saturated carbocycles. The maximum absolute atomic E-state index is 12.7. The number of nitrogens with one attached hydrogen (secondary N) is 1. The van der Waals surface area contributed by atoms with E-state index < -0.39 is 0 Å². The van der Waals surface area contributed by atoms with E-state index in [0.717, 1.165) is 42.7 Å². The highest BCUT2D eigenvalue weighted by Gasteiger charge is 2.25.